The second-order valence-electron chi connectivity index (χ2n) is 10.7. The number of alkyl halides is 3. The first-order valence-corrected chi connectivity index (χ1v) is 14.4. The first kappa shape index (κ1) is 33.3. The average molecular weight is 624 g/mol. The van der Waals surface area contributed by atoms with Crippen molar-refractivity contribution in [3.8, 4) is 17.5 Å². The van der Waals surface area contributed by atoms with Crippen LogP contribution in [0.25, 0.3) is 11.4 Å². The molecule has 0 saturated heterocycles. The zero-order chi connectivity index (χ0) is 33.4. The van der Waals surface area contributed by atoms with Gasteiger partial charge in [0.05, 0.1) is 40.9 Å². The second-order valence-corrected chi connectivity index (χ2v) is 10.7. The molecule has 0 spiro atoms. The van der Waals surface area contributed by atoms with Gasteiger partial charge in [-0.15, -0.1) is 0 Å². The minimum Gasteiger partial charge on any atom is -0.355 e. The molecule has 0 fully saturated rings. The molecule has 2 aromatic carbocycles. The molecule has 4 rings (SSSR count). The summed E-state index contributed by atoms with van der Waals surface area (Å²) in [5.41, 5.74) is 6.54. The van der Waals surface area contributed by atoms with Crippen molar-refractivity contribution in [2.75, 3.05) is 10.6 Å². The molecule has 2 N–H and O–H groups in total. The van der Waals surface area contributed by atoms with Gasteiger partial charge in [0.15, 0.2) is 0 Å². The van der Waals surface area contributed by atoms with Crippen molar-refractivity contribution in [3.05, 3.63) is 132 Å². The number of nitrogens with zero attached hydrogens (tertiary/aromatic N) is 5. The molecule has 0 aliphatic carbocycles. The number of benzene rings is 2. The van der Waals surface area contributed by atoms with E-state index in [1.54, 1.807) is 40.8 Å². The lowest BCUT2D eigenvalue weighted by atomic mass is 10.0. The predicted octanol–water partition coefficient (Wildman–Crippen LogP) is 8.61. The molecule has 10 heteroatoms. The quantitative estimate of drug-likeness (QED) is 0.111. The van der Waals surface area contributed by atoms with Gasteiger partial charge < -0.3 is 15.2 Å². The highest BCUT2D eigenvalue weighted by Gasteiger charge is 2.31. The number of allylic oxidation sites excluding steroid dienone is 5. The Bertz CT molecular complexity index is 1920. The zero-order valence-electron chi connectivity index (χ0n) is 26.7. The fraction of sp³-hybridized carbons (Fsp3) is 0.194. The number of aryl methyl sites for hydroxylation is 3. The number of aromatic nitrogens is 4. The normalized spacial score (nSPS) is 12.7. The summed E-state index contributed by atoms with van der Waals surface area (Å²) >= 11 is 0. The number of rotatable bonds is 9. The van der Waals surface area contributed by atoms with Crippen molar-refractivity contribution in [3.63, 3.8) is 0 Å². The van der Waals surface area contributed by atoms with Crippen molar-refractivity contribution in [1.29, 1.82) is 0 Å². The molecule has 236 valence electrons. The molecular formula is C36H36F3N7. The highest BCUT2D eigenvalue weighted by Crippen LogP contribution is 2.34. The van der Waals surface area contributed by atoms with Crippen LogP contribution in [0.3, 0.4) is 0 Å². The Hall–Kier alpha value is -5.56. The molecule has 0 amide bonds. The maximum atomic E-state index is 13.7. The van der Waals surface area contributed by atoms with Crippen molar-refractivity contribution in [2.45, 2.75) is 40.8 Å². The Kier molecular flexibility index (Phi) is 10.5. The van der Waals surface area contributed by atoms with Gasteiger partial charge in [0.2, 0.25) is 0 Å². The van der Waals surface area contributed by atoms with Gasteiger partial charge >= 0.3 is 6.18 Å². The van der Waals surface area contributed by atoms with E-state index in [1.807, 2.05) is 77.4 Å². The number of hydrogen-bond acceptors (Lipinski definition) is 5. The van der Waals surface area contributed by atoms with Gasteiger partial charge in [-0.2, -0.15) is 18.3 Å². The SMILES string of the molecule is C=C(Nc1cc(-n2cnc(C)c2)cc(C(F)(F)F)c1)c1ccc(C)c(C#C/C(C)=C/N=C(C)/C(=C\C=C/C)Nc2cnn(C)c2)c1. The minimum absolute atomic E-state index is 0.252. The number of anilines is 2. The first-order chi connectivity index (χ1) is 21.8. The number of hydrogen-bond donors (Lipinski definition) is 2. The number of aliphatic imine (C=N–C) groups is 1. The summed E-state index contributed by atoms with van der Waals surface area (Å²) in [5, 5.41) is 10.6. The fourth-order valence-electron chi connectivity index (χ4n) is 4.30. The summed E-state index contributed by atoms with van der Waals surface area (Å²) in [7, 11) is 1.85. The van der Waals surface area contributed by atoms with Crippen molar-refractivity contribution >= 4 is 22.8 Å². The van der Waals surface area contributed by atoms with Crippen LogP contribution in [0.1, 0.15) is 48.7 Å². The van der Waals surface area contributed by atoms with Crippen LogP contribution in [-0.2, 0) is 13.2 Å². The van der Waals surface area contributed by atoms with E-state index in [0.29, 0.717) is 22.6 Å². The van der Waals surface area contributed by atoms with Crippen LogP contribution in [0.5, 0.6) is 0 Å². The maximum Gasteiger partial charge on any atom is 0.416 e. The first-order valence-electron chi connectivity index (χ1n) is 14.4. The molecule has 0 radical (unpaired) electrons. The molecular weight excluding hydrogens is 587 g/mol. The van der Waals surface area contributed by atoms with Crippen LogP contribution in [0, 0.1) is 25.7 Å². The van der Waals surface area contributed by atoms with E-state index in [1.165, 1.54) is 6.33 Å². The van der Waals surface area contributed by atoms with E-state index < -0.39 is 11.7 Å². The molecule has 46 heavy (non-hydrogen) atoms. The second kappa shape index (κ2) is 14.5. The van der Waals surface area contributed by atoms with Gasteiger partial charge in [0.1, 0.15) is 0 Å². The summed E-state index contributed by atoms with van der Waals surface area (Å²) in [6.45, 7) is 13.5. The molecule has 7 nitrogen and oxygen atoms in total. The highest BCUT2D eigenvalue weighted by atomic mass is 19.4. The lowest BCUT2D eigenvalue weighted by molar-refractivity contribution is -0.137. The summed E-state index contributed by atoms with van der Waals surface area (Å²) in [5.74, 6) is 6.35. The predicted molar refractivity (Wildman–Crippen MR) is 181 cm³/mol. The topological polar surface area (TPSA) is 72.1 Å². The third-order valence-electron chi connectivity index (χ3n) is 6.81. The smallest absolute Gasteiger partial charge is 0.355 e. The van der Waals surface area contributed by atoms with Crippen molar-refractivity contribution in [1.82, 2.24) is 19.3 Å². The molecule has 0 aliphatic rings. The molecule has 0 bridgehead atoms. The van der Waals surface area contributed by atoms with Crippen molar-refractivity contribution < 1.29 is 13.2 Å². The van der Waals surface area contributed by atoms with Crippen LogP contribution < -0.4 is 10.6 Å². The van der Waals surface area contributed by atoms with E-state index in [4.69, 9.17) is 0 Å². The Morgan fingerprint density at radius 1 is 1.04 bits per heavy atom. The summed E-state index contributed by atoms with van der Waals surface area (Å²) < 4.78 is 44.5. The molecule has 2 heterocycles. The van der Waals surface area contributed by atoms with Gasteiger partial charge in [-0.25, -0.2) is 4.98 Å². The van der Waals surface area contributed by atoms with Crippen LogP contribution in [-0.4, -0.2) is 25.0 Å². The monoisotopic (exact) mass is 623 g/mol. The highest BCUT2D eigenvalue weighted by molar-refractivity contribution is 6.01. The van der Waals surface area contributed by atoms with Gasteiger partial charge in [-0.05, 0) is 76.1 Å². The summed E-state index contributed by atoms with van der Waals surface area (Å²) in [6.07, 6.45) is 9.76. The lowest BCUT2D eigenvalue weighted by Crippen LogP contribution is -2.08. The number of halogens is 3. The molecule has 4 aromatic rings. The largest absolute Gasteiger partial charge is 0.416 e. The van der Waals surface area contributed by atoms with E-state index in [0.717, 1.165) is 45.9 Å². The van der Waals surface area contributed by atoms with E-state index in [9.17, 15) is 13.2 Å². The summed E-state index contributed by atoms with van der Waals surface area (Å²) in [4.78, 5) is 8.75. The summed E-state index contributed by atoms with van der Waals surface area (Å²) in [6, 6.07) is 9.40. The van der Waals surface area contributed by atoms with Crippen LogP contribution >= 0.6 is 0 Å². The molecule has 0 atom stereocenters. The molecule has 0 saturated carbocycles. The third kappa shape index (κ3) is 8.99. The average Bonchev–Trinajstić information content (AvgIpc) is 3.64. The van der Waals surface area contributed by atoms with Gasteiger partial charge in [-0.3, -0.25) is 9.67 Å². The number of nitrogens with one attached hydrogen (secondary N) is 2. The van der Waals surface area contributed by atoms with Crippen LogP contribution in [0.15, 0.2) is 109 Å². The van der Waals surface area contributed by atoms with Gasteiger partial charge in [-0.1, -0.05) is 42.7 Å². The Labute approximate surface area is 267 Å². The van der Waals surface area contributed by atoms with E-state index >= 15 is 0 Å². The standard InChI is InChI=1S/C36H36F3N7/c1-8-9-10-35(44-33-20-42-45(7)22-33)28(6)40-19-24(2)11-13-29-15-30(14-12-25(29)3)27(5)43-32-16-31(36(37,38)39)17-34(18-32)46-21-26(4)41-23-46/h8-10,12,14-23,43-44H,5H2,1-4,6-7H3/b9-8-,24-19+,35-10+,40-28+. The number of imidazole rings is 1. The molecule has 2 aromatic heterocycles. The van der Waals surface area contributed by atoms with E-state index in [-0.39, 0.29) is 5.69 Å². The fourth-order valence-corrected chi connectivity index (χ4v) is 4.30. The lowest BCUT2D eigenvalue weighted by Gasteiger charge is -2.16. The van der Waals surface area contributed by atoms with Crippen LogP contribution in [0.4, 0.5) is 24.5 Å². The van der Waals surface area contributed by atoms with Gasteiger partial charge in [0.25, 0.3) is 0 Å². The Morgan fingerprint density at radius 2 is 1.83 bits per heavy atom. The Morgan fingerprint density at radius 3 is 2.48 bits per heavy atom. The zero-order valence-corrected chi connectivity index (χ0v) is 26.7. The minimum atomic E-state index is -4.52. The van der Waals surface area contributed by atoms with Crippen molar-refractivity contribution in [2.24, 2.45) is 12.0 Å². The van der Waals surface area contributed by atoms with Crippen LogP contribution in [0.2, 0.25) is 0 Å². The van der Waals surface area contributed by atoms with Gasteiger partial charge in [0, 0.05) is 53.8 Å². The third-order valence-corrected chi connectivity index (χ3v) is 6.81. The maximum absolute atomic E-state index is 13.7. The Balaban J connectivity index is 1.54. The molecule has 0 unspecified atom stereocenters. The van der Waals surface area contributed by atoms with E-state index in [2.05, 4.69) is 44.1 Å². The molecule has 0 aliphatic heterocycles.